The van der Waals surface area contributed by atoms with E-state index in [1.807, 2.05) is 7.05 Å². The normalized spacial score (nSPS) is 20.3. The van der Waals surface area contributed by atoms with E-state index in [-0.39, 0.29) is 0 Å². The predicted molar refractivity (Wildman–Crippen MR) is 108 cm³/mol. The topological polar surface area (TPSA) is 76.3 Å². The molecule has 27 heavy (non-hydrogen) atoms. The summed E-state index contributed by atoms with van der Waals surface area (Å²) in [5.41, 5.74) is 0.857. The quantitative estimate of drug-likeness (QED) is 0.824. The predicted octanol–water partition coefficient (Wildman–Crippen LogP) is 3.00. The Balaban J connectivity index is 1.63. The molecule has 7 heteroatoms. The lowest BCUT2D eigenvalue weighted by Gasteiger charge is -2.41. The highest BCUT2D eigenvalue weighted by Gasteiger charge is 2.35. The fourth-order valence-electron chi connectivity index (χ4n) is 3.59. The first-order chi connectivity index (χ1) is 12.9. The molecular weight excluding hydrogens is 358 g/mol. The minimum Gasteiger partial charge on any atom is -0.387 e. The number of nitrogens with zero attached hydrogens (tertiary/aromatic N) is 5. The van der Waals surface area contributed by atoms with Gasteiger partial charge in [-0.25, -0.2) is 9.97 Å². The van der Waals surface area contributed by atoms with Crippen molar-refractivity contribution >= 4 is 17.2 Å². The number of aliphatic hydroxyl groups is 1. The van der Waals surface area contributed by atoms with Crippen molar-refractivity contribution in [2.75, 3.05) is 31.6 Å². The molecule has 1 atom stereocenters. The van der Waals surface area contributed by atoms with E-state index < -0.39 is 5.60 Å². The van der Waals surface area contributed by atoms with Crippen LogP contribution in [0.3, 0.4) is 0 Å². The zero-order valence-corrected chi connectivity index (χ0v) is 17.0. The fourth-order valence-corrected chi connectivity index (χ4v) is 4.42. The van der Waals surface area contributed by atoms with E-state index >= 15 is 0 Å². The molecule has 2 aromatic rings. The number of thiazole rings is 1. The van der Waals surface area contributed by atoms with Gasteiger partial charge in [0.15, 0.2) is 0 Å². The number of β-amino-alcohol motifs (C(OH)–C–C–N with tert-alkyl or cyclic N) is 1. The summed E-state index contributed by atoms with van der Waals surface area (Å²) < 4.78 is 0. The summed E-state index contributed by atoms with van der Waals surface area (Å²) in [6.07, 6.45) is 3.32. The van der Waals surface area contributed by atoms with Crippen molar-refractivity contribution in [3.63, 3.8) is 0 Å². The molecule has 1 aliphatic heterocycles. The maximum Gasteiger partial charge on any atom is 0.129 e. The molecule has 0 spiro atoms. The van der Waals surface area contributed by atoms with Gasteiger partial charge in [-0.1, -0.05) is 13.8 Å². The zero-order valence-electron chi connectivity index (χ0n) is 16.2. The van der Waals surface area contributed by atoms with Crippen LogP contribution in [0.15, 0.2) is 23.7 Å². The van der Waals surface area contributed by atoms with Crippen LogP contribution in [0.2, 0.25) is 0 Å². The first-order valence-electron chi connectivity index (χ1n) is 9.35. The van der Waals surface area contributed by atoms with Crippen LogP contribution in [-0.2, 0) is 6.54 Å². The van der Waals surface area contributed by atoms with E-state index in [1.165, 1.54) is 0 Å². The number of hydrogen-bond acceptors (Lipinski definition) is 7. The highest BCUT2D eigenvalue weighted by molar-refractivity contribution is 7.09. The van der Waals surface area contributed by atoms with Crippen molar-refractivity contribution in [1.29, 1.82) is 5.26 Å². The maximum atomic E-state index is 11.2. The molecule has 144 valence electrons. The Bertz CT molecular complexity index is 815. The molecule has 0 saturated carbocycles. The average molecular weight is 386 g/mol. The van der Waals surface area contributed by atoms with E-state index in [4.69, 9.17) is 10.2 Å². The molecule has 6 nitrogen and oxygen atoms in total. The number of nitriles is 1. The second kappa shape index (κ2) is 8.34. The molecule has 0 aliphatic carbocycles. The van der Waals surface area contributed by atoms with E-state index in [1.54, 1.807) is 29.7 Å². The number of rotatable bonds is 6. The third kappa shape index (κ3) is 5.04. The van der Waals surface area contributed by atoms with Crippen LogP contribution < -0.4 is 4.90 Å². The Morgan fingerprint density at radius 3 is 3.00 bits per heavy atom. The van der Waals surface area contributed by atoms with Gasteiger partial charge in [0.05, 0.1) is 27.9 Å². The largest absolute Gasteiger partial charge is 0.387 e. The minimum absolute atomic E-state index is 0.446. The first-order valence-corrected chi connectivity index (χ1v) is 10.2. The average Bonchev–Trinajstić information content (AvgIpc) is 3.10. The fraction of sp³-hybridized carbons (Fsp3) is 0.550. The smallest absolute Gasteiger partial charge is 0.129 e. The van der Waals surface area contributed by atoms with E-state index in [2.05, 4.69) is 40.1 Å². The van der Waals surface area contributed by atoms with Crippen LogP contribution in [0.5, 0.6) is 0 Å². The third-order valence-electron chi connectivity index (χ3n) is 4.81. The van der Waals surface area contributed by atoms with E-state index in [0.717, 1.165) is 42.5 Å². The highest BCUT2D eigenvalue weighted by Crippen LogP contribution is 2.27. The van der Waals surface area contributed by atoms with E-state index in [0.29, 0.717) is 24.6 Å². The van der Waals surface area contributed by atoms with Gasteiger partial charge in [0.1, 0.15) is 5.82 Å². The van der Waals surface area contributed by atoms with Gasteiger partial charge < -0.3 is 10.0 Å². The summed E-state index contributed by atoms with van der Waals surface area (Å²) in [6, 6.07) is 5.64. The van der Waals surface area contributed by atoms with Crippen molar-refractivity contribution in [1.82, 2.24) is 14.9 Å². The molecular formula is C20H27N5OS. The summed E-state index contributed by atoms with van der Waals surface area (Å²) in [6.45, 7) is 6.98. The van der Waals surface area contributed by atoms with Crippen molar-refractivity contribution < 1.29 is 5.11 Å². The van der Waals surface area contributed by atoms with Crippen LogP contribution in [-0.4, -0.2) is 52.3 Å². The SMILES string of the molecule is CC(C)c1nc(CN(C)CC2(O)CCCN(c3cc(C#N)ccn3)C2)cs1. The maximum absolute atomic E-state index is 11.2. The number of anilines is 1. The van der Waals surface area contributed by atoms with Crippen molar-refractivity contribution in [2.24, 2.45) is 0 Å². The van der Waals surface area contributed by atoms with Gasteiger partial charge in [-0.2, -0.15) is 5.26 Å². The second-order valence-corrected chi connectivity index (χ2v) is 8.66. The molecule has 1 aliphatic rings. The summed E-state index contributed by atoms with van der Waals surface area (Å²) in [7, 11) is 2.03. The highest BCUT2D eigenvalue weighted by atomic mass is 32.1. The lowest BCUT2D eigenvalue weighted by atomic mass is 9.92. The number of aromatic nitrogens is 2. The summed E-state index contributed by atoms with van der Waals surface area (Å²) >= 11 is 1.70. The number of likely N-dealkylation sites (N-methyl/N-ethyl adjacent to an activating group) is 1. The Hall–Kier alpha value is -2.01. The van der Waals surface area contributed by atoms with Crippen molar-refractivity contribution in [3.05, 3.63) is 40.0 Å². The number of pyridine rings is 1. The Morgan fingerprint density at radius 1 is 1.48 bits per heavy atom. The van der Waals surface area contributed by atoms with Gasteiger partial charge >= 0.3 is 0 Å². The van der Waals surface area contributed by atoms with Crippen LogP contribution in [0.25, 0.3) is 0 Å². The molecule has 0 bridgehead atoms. The minimum atomic E-state index is -0.797. The van der Waals surface area contributed by atoms with Crippen molar-refractivity contribution in [2.45, 2.75) is 44.8 Å². The lowest BCUT2D eigenvalue weighted by molar-refractivity contribution is -0.00367. The molecule has 2 aromatic heterocycles. The summed E-state index contributed by atoms with van der Waals surface area (Å²) in [5, 5.41) is 23.5. The Morgan fingerprint density at radius 2 is 2.30 bits per heavy atom. The Labute approximate surface area is 165 Å². The van der Waals surface area contributed by atoms with E-state index in [9.17, 15) is 5.11 Å². The van der Waals surface area contributed by atoms with Crippen molar-refractivity contribution in [3.8, 4) is 6.07 Å². The second-order valence-electron chi connectivity index (χ2n) is 7.77. The molecule has 3 rings (SSSR count). The monoisotopic (exact) mass is 385 g/mol. The van der Waals surface area contributed by atoms with Crippen LogP contribution in [0.1, 0.15) is 48.9 Å². The molecule has 0 radical (unpaired) electrons. The summed E-state index contributed by atoms with van der Waals surface area (Å²) in [4.78, 5) is 13.3. The molecule has 1 saturated heterocycles. The first kappa shape index (κ1) is 19.7. The van der Waals surface area contributed by atoms with Gasteiger partial charge in [0.2, 0.25) is 0 Å². The molecule has 1 N–H and O–H groups in total. The van der Waals surface area contributed by atoms with Crippen LogP contribution in [0.4, 0.5) is 5.82 Å². The van der Waals surface area contributed by atoms with Crippen LogP contribution in [0, 0.1) is 11.3 Å². The standard InChI is InChI=1S/C20H27N5OS/c1-15(2)19-23-17(12-27-19)11-24(3)13-20(26)6-4-8-25(14-20)18-9-16(10-21)5-7-22-18/h5,7,9,12,15,26H,4,6,8,11,13-14H2,1-3H3. The van der Waals surface area contributed by atoms with Gasteiger partial charge in [-0.05, 0) is 32.0 Å². The zero-order chi connectivity index (χ0) is 19.4. The third-order valence-corrected chi connectivity index (χ3v) is 6.01. The van der Waals surface area contributed by atoms with Gasteiger partial charge in [-0.3, -0.25) is 4.90 Å². The van der Waals surface area contributed by atoms with Crippen LogP contribution >= 0.6 is 11.3 Å². The lowest BCUT2D eigenvalue weighted by Crippen LogP contribution is -2.54. The molecule has 0 aromatic carbocycles. The Kier molecular flexibility index (Phi) is 6.10. The molecule has 0 amide bonds. The number of hydrogen-bond donors (Lipinski definition) is 1. The molecule has 1 unspecified atom stereocenters. The summed E-state index contributed by atoms with van der Waals surface area (Å²) in [5.74, 6) is 1.21. The van der Waals surface area contributed by atoms with Gasteiger partial charge in [0.25, 0.3) is 0 Å². The molecule has 1 fully saturated rings. The molecule has 3 heterocycles. The van der Waals surface area contributed by atoms with Gasteiger partial charge in [-0.15, -0.1) is 11.3 Å². The number of piperidine rings is 1. The van der Waals surface area contributed by atoms with Gasteiger partial charge in [0, 0.05) is 43.7 Å².